The molecule has 1 aliphatic rings. The Morgan fingerprint density at radius 3 is 2.39 bits per heavy atom. The summed E-state index contributed by atoms with van der Waals surface area (Å²) in [6, 6.07) is 15.2. The van der Waals surface area contributed by atoms with Crippen LogP contribution < -0.4 is 5.32 Å². The summed E-state index contributed by atoms with van der Waals surface area (Å²) in [7, 11) is 2.00. The van der Waals surface area contributed by atoms with E-state index in [4.69, 9.17) is 0 Å². The molecule has 0 bridgehead atoms. The second-order valence-corrected chi connectivity index (χ2v) is 9.77. The third kappa shape index (κ3) is 5.69. The number of fused-ring (bicyclic) bond motifs is 1. The molecule has 196 valence electrons. The van der Waals surface area contributed by atoms with Crippen LogP contribution in [0.5, 0.6) is 0 Å². The predicted octanol–water partition coefficient (Wildman–Crippen LogP) is 5.62. The number of nitrogens with one attached hydrogen (secondary N) is 1. The molecule has 1 N–H and O–H groups in total. The highest BCUT2D eigenvalue weighted by Crippen LogP contribution is 2.35. The van der Waals surface area contributed by atoms with Crippen molar-refractivity contribution in [2.75, 3.05) is 38.5 Å². The van der Waals surface area contributed by atoms with Gasteiger partial charge in [0.1, 0.15) is 0 Å². The van der Waals surface area contributed by atoms with Gasteiger partial charge in [-0.05, 0) is 66.6 Å². The molecule has 0 radical (unpaired) electrons. The normalized spacial score (nSPS) is 15.1. The number of carbonyl (C=O) groups excluding carboxylic acids is 1. The number of benzene rings is 3. The van der Waals surface area contributed by atoms with Crippen LogP contribution in [0.15, 0.2) is 67.0 Å². The second kappa shape index (κ2) is 10.5. The number of rotatable bonds is 5. The number of amides is 1. The van der Waals surface area contributed by atoms with Crippen LogP contribution in [-0.2, 0) is 12.7 Å². The summed E-state index contributed by atoms with van der Waals surface area (Å²) >= 11 is 0. The van der Waals surface area contributed by atoms with Gasteiger partial charge in [-0.15, -0.1) is 0 Å². The van der Waals surface area contributed by atoms with Gasteiger partial charge in [-0.2, -0.15) is 23.4 Å². The number of hydrogen-bond donors (Lipinski definition) is 1. The maximum absolute atomic E-state index is 14.0. The Balaban J connectivity index is 1.38. The Hall–Kier alpha value is -3.82. The number of nitrogens with zero attached hydrogens (tertiary/aromatic N) is 4. The summed E-state index contributed by atoms with van der Waals surface area (Å²) in [5.41, 5.74) is 2.68. The van der Waals surface area contributed by atoms with Gasteiger partial charge in [-0.3, -0.25) is 9.69 Å². The molecule has 5 rings (SSSR count). The largest absolute Gasteiger partial charge is 0.416 e. The monoisotopic (exact) mass is 519 g/mol. The standard InChI is InChI=1S/C29H28F3N5O/c1-19-3-4-21(14-26(19)20-5-6-22-16-33-34-17-24(22)13-20)28(38)35-25-8-7-23(27(15-25)29(30,31)32)18-37-11-9-36(2)10-12-37/h3-8,13-17H,9-12,18H2,1-2H3,(H,35,38). The average Bonchev–Trinajstić information content (AvgIpc) is 2.90. The van der Waals surface area contributed by atoms with Crippen molar-refractivity contribution in [1.82, 2.24) is 20.0 Å². The Morgan fingerprint density at radius 2 is 1.66 bits per heavy atom. The van der Waals surface area contributed by atoms with Crippen molar-refractivity contribution < 1.29 is 18.0 Å². The van der Waals surface area contributed by atoms with Crippen LogP contribution in [0.3, 0.4) is 0 Å². The zero-order chi connectivity index (χ0) is 26.9. The maximum Gasteiger partial charge on any atom is 0.416 e. The van der Waals surface area contributed by atoms with E-state index < -0.39 is 17.6 Å². The molecule has 1 amide bonds. The molecule has 1 saturated heterocycles. The number of anilines is 1. The minimum Gasteiger partial charge on any atom is -0.322 e. The van der Waals surface area contributed by atoms with Crippen LogP contribution in [0.1, 0.15) is 27.0 Å². The molecule has 0 aliphatic carbocycles. The lowest BCUT2D eigenvalue weighted by Gasteiger charge is -2.33. The van der Waals surface area contributed by atoms with Gasteiger partial charge in [-0.1, -0.05) is 24.3 Å². The molecule has 0 spiro atoms. The third-order valence-corrected chi connectivity index (χ3v) is 7.02. The fraction of sp³-hybridized carbons (Fsp3) is 0.276. The summed E-state index contributed by atoms with van der Waals surface area (Å²) in [4.78, 5) is 17.3. The minimum absolute atomic E-state index is 0.107. The van der Waals surface area contributed by atoms with E-state index in [9.17, 15) is 18.0 Å². The van der Waals surface area contributed by atoms with Crippen LogP contribution in [0.2, 0.25) is 0 Å². The minimum atomic E-state index is -4.53. The first kappa shape index (κ1) is 25.8. The van der Waals surface area contributed by atoms with Crippen LogP contribution in [-0.4, -0.2) is 59.1 Å². The van der Waals surface area contributed by atoms with E-state index in [0.717, 1.165) is 46.6 Å². The molecule has 6 nitrogen and oxygen atoms in total. The van der Waals surface area contributed by atoms with E-state index in [-0.39, 0.29) is 17.8 Å². The first-order valence-electron chi connectivity index (χ1n) is 12.4. The van der Waals surface area contributed by atoms with Crippen LogP contribution in [0.25, 0.3) is 21.9 Å². The lowest BCUT2D eigenvalue weighted by molar-refractivity contribution is -0.138. The number of aromatic nitrogens is 2. The SMILES string of the molecule is Cc1ccc(C(=O)Nc2ccc(CN3CCN(C)CC3)c(C(F)(F)F)c2)cc1-c1ccc2cnncc2c1. The highest BCUT2D eigenvalue weighted by Gasteiger charge is 2.34. The van der Waals surface area contributed by atoms with Gasteiger partial charge in [0.05, 0.1) is 18.0 Å². The van der Waals surface area contributed by atoms with Gasteiger partial charge in [0.25, 0.3) is 5.91 Å². The first-order chi connectivity index (χ1) is 18.2. The maximum atomic E-state index is 14.0. The smallest absolute Gasteiger partial charge is 0.322 e. The number of carbonyl (C=O) groups is 1. The van der Waals surface area contributed by atoms with E-state index in [2.05, 4.69) is 20.4 Å². The summed E-state index contributed by atoms with van der Waals surface area (Å²) in [6.07, 6.45) is -1.17. The van der Waals surface area contributed by atoms with Crippen molar-refractivity contribution in [3.05, 3.63) is 89.2 Å². The fourth-order valence-corrected chi connectivity index (χ4v) is 4.74. The zero-order valence-corrected chi connectivity index (χ0v) is 21.2. The van der Waals surface area contributed by atoms with Crippen molar-refractivity contribution >= 4 is 22.4 Å². The molecular weight excluding hydrogens is 491 g/mol. The van der Waals surface area contributed by atoms with E-state index in [0.29, 0.717) is 18.7 Å². The molecule has 1 aromatic heterocycles. The van der Waals surface area contributed by atoms with Gasteiger partial charge in [0, 0.05) is 54.7 Å². The van der Waals surface area contributed by atoms with Gasteiger partial charge in [-0.25, -0.2) is 0 Å². The summed E-state index contributed by atoms with van der Waals surface area (Å²) in [5, 5.41) is 12.3. The molecule has 1 aliphatic heterocycles. The summed E-state index contributed by atoms with van der Waals surface area (Å²) in [5.74, 6) is -0.474. The zero-order valence-electron chi connectivity index (χ0n) is 21.2. The van der Waals surface area contributed by atoms with Gasteiger partial charge in [0.2, 0.25) is 0 Å². The lowest BCUT2D eigenvalue weighted by Crippen LogP contribution is -2.44. The third-order valence-electron chi connectivity index (χ3n) is 7.02. The molecular formula is C29H28F3N5O. The number of aryl methyl sites for hydroxylation is 1. The van der Waals surface area contributed by atoms with Crippen molar-refractivity contribution in [1.29, 1.82) is 0 Å². The second-order valence-electron chi connectivity index (χ2n) is 9.77. The highest BCUT2D eigenvalue weighted by molar-refractivity contribution is 6.05. The van der Waals surface area contributed by atoms with E-state index in [1.807, 2.05) is 43.1 Å². The number of alkyl halides is 3. The quantitative estimate of drug-likeness (QED) is 0.371. The van der Waals surface area contributed by atoms with Gasteiger partial charge < -0.3 is 10.2 Å². The Bertz CT molecular complexity index is 1480. The fourth-order valence-electron chi connectivity index (χ4n) is 4.74. The molecule has 1 fully saturated rings. The van der Waals surface area contributed by atoms with Crippen LogP contribution in [0, 0.1) is 6.92 Å². The first-order valence-corrected chi connectivity index (χ1v) is 12.4. The van der Waals surface area contributed by atoms with Crippen molar-refractivity contribution in [3.63, 3.8) is 0 Å². The topological polar surface area (TPSA) is 61.4 Å². The van der Waals surface area contributed by atoms with E-state index in [1.165, 1.54) is 12.1 Å². The number of piperazine rings is 1. The summed E-state index contributed by atoms with van der Waals surface area (Å²) < 4.78 is 41.9. The molecule has 0 unspecified atom stereocenters. The Labute approximate surface area is 219 Å². The summed E-state index contributed by atoms with van der Waals surface area (Å²) in [6.45, 7) is 5.23. The van der Waals surface area contributed by atoms with Gasteiger partial charge in [0.15, 0.2) is 0 Å². The molecule has 9 heteroatoms. The molecule has 4 aromatic rings. The Morgan fingerprint density at radius 1 is 0.921 bits per heavy atom. The highest BCUT2D eigenvalue weighted by atomic mass is 19.4. The number of likely N-dealkylation sites (N-methyl/N-ethyl adjacent to an activating group) is 1. The van der Waals surface area contributed by atoms with E-state index >= 15 is 0 Å². The average molecular weight is 520 g/mol. The van der Waals surface area contributed by atoms with Crippen molar-refractivity contribution in [2.45, 2.75) is 19.6 Å². The number of hydrogen-bond acceptors (Lipinski definition) is 5. The van der Waals surface area contributed by atoms with Crippen LogP contribution in [0.4, 0.5) is 18.9 Å². The molecule has 38 heavy (non-hydrogen) atoms. The van der Waals surface area contributed by atoms with Gasteiger partial charge >= 0.3 is 6.18 Å². The van der Waals surface area contributed by atoms with E-state index in [1.54, 1.807) is 24.5 Å². The number of halogens is 3. The predicted molar refractivity (Wildman–Crippen MR) is 142 cm³/mol. The molecule has 0 saturated carbocycles. The lowest BCUT2D eigenvalue weighted by atomic mass is 9.96. The molecule has 2 heterocycles. The van der Waals surface area contributed by atoms with Crippen LogP contribution >= 0.6 is 0 Å². The molecule has 0 atom stereocenters. The van der Waals surface area contributed by atoms with Crippen molar-refractivity contribution in [2.24, 2.45) is 0 Å². The Kier molecular flexibility index (Phi) is 7.14. The van der Waals surface area contributed by atoms with Crippen molar-refractivity contribution in [3.8, 4) is 11.1 Å². The molecule has 3 aromatic carbocycles.